The van der Waals surface area contributed by atoms with Gasteiger partial charge in [0, 0.05) is 19.5 Å². The van der Waals surface area contributed by atoms with Gasteiger partial charge < -0.3 is 10.8 Å². The van der Waals surface area contributed by atoms with E-state index in [2.05, 4.69) is 0 Å². The summed E-state index contributed by atoms with van der Waals surface area (Å²) in [4.78, 5) is 21.5. The van der Waals surface area contributed by atoms with Crippen molar-refractivity contribution in [3.8, 4) is 0 Å². The maximum Gasteiger partial charge on any atom is 0.321 e. The van der Waals surface area contributed by atoms with E-state index >= 15 is 0 Å². The van der Waals surface area contributed by atoms with Crippen molar-refractivity contribution >= 4 is 22.1 Å². The molecule has 18 heavy (non-hydrogen) atoms. The topological polar surface area (TPSA) is 130 Å². The minimum Gasteiger partial charge on any atom is -0.480 e. The highest BCUT2D eigenvalue weighted by Crippen LogP contribution is 2.05. The summed E-state index contributed by atoms with van der Waals surface area (Å²) in [5.41, 5.74) is 4.89. The van der Waals surface area contributed by atoms with E-state index in [4.69, 9.17) is 10.8 Å². The number of nitrogens with two attached hydrogens (primary N) is 1. The van der Waals surface area contributed by atoms with Crippen molar-refractivity contribution in [2.75, 3.05) is 7.05 Å². The zero-order chi connectivity index (χ0) is 14.5. The Morgan fingerprint density at radius 2 is 1.89 bits per heavy atom. The van der Waals surface area contributed by atoms with Gasteiger partial charge in [0.2, 0.25) is 5.91 Å². The molecule has 0 saturated heterocycles. The smallest absolute Gasteiger partial charge is 0.321 e. The zero-order valence-corrected chi connectivity index (χ0v) is 11.4. The third kappa shape index (κ3) is 5.43. The number of carbonyl (C=O) groups excluding carboxylic acids is 1. The molecule has 0 heterocycles. The SMILES string of the molecule is CC(C)N(C)S(=O)(=O)NC(CCC(N)=O)C(=O)O. The Morgan fingerprint density at radius 1 is 1.39 bits per heavy atom. The maximum absolute atomic E-state index is 11.8. The first-order valence-electron chi connectivity index (χ1n) is 5.34. The molecule has 0 aliphatic carbocycles. The van der Waals surface area contributed by atoms with Crippen LogP contribution in [0.15, 0.2) is 0 Å². The van der Waals surface area contributed by atoms with E-state index in [1.807, 2.05) is 4.72 Å². The number of carboxylic acid groups (broad SMARTS) is 1. The molecule has 0 spiro atoms. The number of primary amides is 1. The molecule has 0 aromatic carbocycles. The number of carboxylic acids is 1. The molecule has 1 atom stereocenters. The Balaban J connectivity index is 4.78. The van der Waals surface area contributed by atoms with Crippen LogP contribution in [0.5, 0.6) is 0 Å². The number of rotatable bonds is 8. The van der Waals surface area contributed by atoms with Gasteiger partial charge in [-0.2, -0.15) is 17.4 Å². The molecule has 9 heteroatoms. The lowest BCUT2D eigenvalue weighted by atomic mass is 10.2. The van der Waals surface area contributed by atoms with Crippen molar-refractivity contribution in [2.24, 2.45) is 5.73 Å². The predicted molar refractivity (Wildman–Crippen MR) is 64.8 cm³/mol. The van der Waals surface area contributed by atoms with E-state index in [1.165, 1.54) is 7.05 Å². The number of aliphatic carboxylic acids is 1. The summed E-state index contributed by atoms with van der Waals surface area (Å²) in [5, 5.41) is 8.87. The van der Waals surface area contributed by atoms with Crippen molar-refractivity contribution in [1.29, 1.82) is 0 Å². The second kappa shape index (κ2) is 6.66. The summed E-state index contributed by atoms with van der Waals surface area (Å²) in [6.07, 6.45) is -0.388. The standard InChI is InChI=1S/C9H19N3O5S/c1-6(2)12(3)18(16,17)11-7(9(14)15)4-5-8(10)13/h6-7,11H,4-5H2,1-3H3,(H2,10,13)(H,14,15). The van der Waals surface area contributed by atoms with E-state index in [-0.39, 0.29) is 18.9 Å². The van der Waals surface area contributed by atoms with Crippen molar-refractivity contribution in [3.63, 3.8) is 0 Å². The third-order valence-corrected chi connectivity index (χ3v) is 4.14. The van der Waals surface area contributed by atoms with Crippen LogP contribution < -0.4 is 10.5 Å². The minimum atomic E-state index is -3.90. The summed E-state index contributed by atoms with van der Waals surface area (Å²) in [6.45, 7) is 3.30. The summed E-state index contributed by atoms with van der Waals surface area (Å²) >= 11 is 0. The van der Waals surface area contributed by atoms with E-state index in [0.29, 0.717) is 0 Å². The summed E-state index contributed by atoms with van der Waals surface area (Å²) in [5.74, 6) is -2.03. The van der Waals surface area contributed by atoms with Gasteiger partial charge in [-0.15, -0.1) is 0 Å². The molecule has 0 bridgehead atoms. The summed E-state index contributed by atoms with van der Waals surface area (Å²) in [7, 11) is -2.57. The summed E-state index contributed by atoms with van der Waals surface area (Å²) < 4.78 is 26.6. The first-order chi connectivity index (χ1) is 8.08. The van der Waals surface area contributed by atoms with Gasteiger partial charge in [-0.1, -0.05) is 0 Å². The molecule has 0 fully saturated rings. The van der Waals surface area contributed by atoms with Gasteiger partial charge in [0.1, 0.15) is 6.04 Å². The number of nitrogens with zero attached hydrogens (tertiary/aromatic N) is 1. The van der Waals surface area contributed by atoms with Gasteiger partial charge >= 0.3 is 5.97 Å². The van der Waals surface area contributed by atoms with Crippen LogP contribution >= 0.6 is 0 Å². The fourth-order valence-electron chi connectivity index (χ4n) is 1.06. The first kappa shape index (κ1) is 16.8. The lowest BCUT2D eigenvalue weighted by Crippen LogP contribution is -2.49. The molecule has 1 amide bonds. The van der Waals surface area contributed by atoms with Crippen LogP contribution in [-0.2, 0) is 19.8 Å². The van der Waals surface area contributed by atoms with Gasteiger partial charge in [-0.25, -0.2) is 0 Å². The van der Waals surface area contributed by atoms with Crippen molar-refractivity contribution in [3.05, 3.63) is 0 Å². The van der Waals surface area contributed by atoms with Crippen molar-refractivity contribution in [2.45, 2.75) is 38.8 Å². The fraction of sp³-hybridized carbons (Fsp3) is 0.778. The Morgan fingerprint density at radius 3 is 2.22 bits per heavy atom. The molecule has 0 aliphatic heterocycles. The van der Waals surface area contributed by atoms with Gasteiger partial charge in [0.15, 0.2) is 0 Å². The molecule has 0 radical (unpaired) electrons. The Labute approximate surface area is 106 Å². The average molecular weight is 281 g/mol. The maximum atomic E-state index is 11.8. The van der Waals surface area contributed by atoms with E-state index in [1.54, 1.807) is 13.8 Å². The monoisotopic (exact) mass is 281 g/mol. The van der Waals surface area contributed by atoms with E-state index in [0.717, 1.165) is 4.31 Å². The minimum absolute atomic E-state index is 0.185. The van der Waals surface area contributed by atoms with Crippen LogP contribution in [0.2, 0.25) is 0 Å². The predicted octanol–water partition coefficient (Wildman–Crippen LogP) is -1.12. The Hall–Kier alpha value is -1.19. The second-order valence-corrected chi connectivity index (χ2v) is 5.89. The van der Waals surface area contributed by atoms with E-state index < -0.39 is 28.1 Å². The third-order valence-electron chi connectivity index (χ3n) is 2.38. The highest BCUT2D eigenvalue weighted by atomic mass is 32.2. The number of hydrogen-bond acceptors (Lipinski definition) is 4. The van der Waals surface area contributed by atoms with Crippen molar-refractivity contribution in [1.82, 2.24) is 9.03 Å². The molecular weight excluding hydrogens is 262 g/mol. The zero-order valence-electron chi connectivity index (χ0n) is 10.6. The molecular formula is C9H19N3O5S. The van der Waals surface area contributed by atoms with Crippen LogP contribution in [0.4, 0.5) is 0 Å². The molecule has 0 rings (SSSR count). The molecule has 0 aromatic heterocycles. The molecule has 8 nitrogen and oxygen atoms in total. The van der Waals surface area contributed by atoms with Crippen molar-refractivity contribution < 1.29 is 23.1 Å². The van der Waals surface area contributed by atoms with Crippen LogP contribution in [-0.4, -0.2) is 48.8 Å². The molecule has 0 saturated carbocycles. The lowest BCUT2D eigenvalue weighted by Gasteiger charge is -2.23. The van der Waals surface area contributed by atoms with Crippen LogP contribution in [0, 0.1) is 0 Å². The second-order valence-electron chi connectivity index (χ2n) is 4.13. The molecule has 1 unspecified atom stereocenters. The largest absolute Gasteiger partial charge is 0.480 e. The van der Waals surface area contributed by atoms with E-state index in [9.17, 15) is 18.0 Å². The number of nitrogens with one attached hydrogen (secondary N) is 1. The van der Waals surface area contributed by atoms with Crippen LogP contribution in [0.3, 0.4) is 0 Å². The summed E-state index contributed by atoms with van der Waals surface area (Å²) in [6, 6.07) is -1.68. The van der Waals surface area contributed by atoms with Gasteiger partial charge in [0.05, 0.1) is 0 Å². The van der Waals surface area contributed by atoms with Gasteiger partial charge in [-0.05, 0) is 20.3 Å². The normalized spacial score (nSPS) is 13.8. The highest BCUT2D eigenvalue weighted by Gasteiger charge is 2.28. The highest BCUT2D eigenvalue weighted by molar-refractivity contribution is 7.87. The Bertz CT molecular complexity index is 406. The lowest BCUT2D eigenvalue weighted by molar-refractivity contribution is -0.139. The number of carbonyl (C=O) groups is 2. The fourth-order valence-corrected chi connectivity index (χ4v) is 2.36. The molecule has 106 valence electrons. The molecule has 0 aromatic rings. The first-order valence-corrected chi connectivity index (χ1v) is 6.78. The van der Waals surface area contributed by atoms with Gasteiger partial charge in [0.25, 0.3) is 10.2 Å². The van der Waals surface area contributed by atoms with Crippen LogP contribution in [0.1, 0.15) is 26.7 Å². The Kier molecular flexibility index (Phi) is 6.22. The quantitative estimate of drug-likeness (QED) is 0.519. The molecule has 0 aliphatic rings. The van der Waals surface area contributed by atoms with Gasteiger partial charge in [-0.3, -0.25) is 9.59 Å². The average Bonchev–Trinajstić information content (AvgIpc) is 2.22. The number of hydrogen-bond donors (Lipinski definition) is 3. The van der Waals surface area contributed by atoms with Crippen LogP contribution in [0.25, 0.3) is 0 Å². The molecule has 4 N–H and O–H groups in total. The number of amides is 1.